The average molecular weight is 363 g/mol. The van der Waals surface area contributed by atoms with Crippen LogP contribution in [0.5, 0.6) is 0 Å². The van der Waals surface area contributed by atoms with Crippen LogP contribution in [0.1, 0.15) is 0 Å². The molecule has 22 heavy (non-hydrogen) atoms. The Balaban J connectivity index is 2.46. The highest BCUT2D eigenvalue weighted by Gasteiger charge is 2.20. The lowest BCUT2D eigenvalue weighted by atomic mass is 10.3. The molecule has 2 N–H and O–H groups in total. The summed E-state index contributed by atoms with van der Waals surface area (Å²) in [4.78, 5) is 10.7. The molecule has 10 heteroatoms. The Labute approximate surface area is 134 Å². The van der Waals surface area contributed by atoms with Gasteiger partial charge >= 0.3 is 0 Å². The highest BCUT2D eigenvalue weighted by atomic mass is 35.5. The van der Waals surface area contributed by atoms with Crippen LogP contribution < -0.4 is 5.14 Å². The first-order chi connectivity index (χ1) is 10.2. The van der Waals surface area contributed by atoms with E-state index in [-0.39, 0.29) is 14.8 Å². The number of nitrogens with two attached hydrogens (primary N) is 1. The summed E-state index contributed by atoms with van der Waals surface area (Å²) in [5.41, 5.74) is -0.419. The van der Waals surface area contributed by atoms with Gasteiger partial charge in [-0.2, -0.15) is 0 Å². The van der Waals surface area contributed by atoms with Gasteiger partial charge in [0.2, 0.25) is 10.0 Å². The third kappa shape index (κ3) is 3.74. The Morgan fingerprint density at radius 3 is 2.45 bits per heavy atom. The molecule has 0 spiro atoms. The van der Waals surface area contributed by atoms with E-state index >= 15 is 0 Å². The first-order valence-electron chi connectivity index (χ1n) is 5.62. The Kier molecular flexibility index (Phi) is 4.71. The first-order valence-corrected chi connectivity index (χ1v) is 8.36. The standard InChI is InChI=1S/C12H8ClFN2O4S2/c13-9-5-7(1-3-10(9)14)21-12-4-2-8(22(15,19)20)6-11(12)16(17)18/h1-6H,(H2,15,19,20). The molecule has 2 aromatic rings. The maximum Gasteiger partial charge on any atom is 0.284 e. The fourth-order valence-electron chi connectivity index (χ4n) is 1.57. The maximum absolute atomic E-state index is 13.1. The number of rotatable bonds is 4. The maximum atomic E-state index is 13.1. The molecule has 0 radical (unpaired) electrons. The topological polar surface area (TPSA) is 103 Å². The summed E-state index contributed by atoms with van der Waals surface area (Å²) in [7, 11) is -4.05. The van der Waals surface area contributed by atoms with Crippen molar-refractivity contribution in [2.24, 2.45) is 5.14 Å². The molecule has 0 heterocycles. The van der Waals surface area contributed by atoms with E-state index in [1.807, 2.05) is 0 Å². The van der Waals surface area contributed by atoms with E-state index in [0.717, 1.165) is 30.0 Å². The van der Waals surface area contributed by atoms with Crippen LogP contribution in [0.3, 0.4) is 0 Å². The highest BCUT2D eigenvalue weighted by Crippen LogP contribution is 2.37. The molecule has 0 bridgehead atoms. The number of sulfonamides is 1. The summed E-state index contributed by atoms with van der Waals surface area (Å²) >= 11 is 6.61. The normalized spacial score (nSPS) is 11.4. The fourth-order valence-corrected chi connectivity index (χ4v) is 3.29. The molecular weight excluding hydrogens is 355 g/mol. The van der Waals surface area contributed by atoms with Crippen LogP contribution in [0, 0.1) is 15.9 Å². The van der Waals surface area contributed by atoms with Crippen LogP contribution in [-0.4, -0.2) is 13.3 Å². The van der Waals surface area contributed by atoms with E-state index in [1.54, 1.807) is 0 Å². The summed E-state index contributed by atoms with van der Waals surface area (Å²) in [6, 6.07) is 7.16. The number of hydrogen-bond acceptors (Lipinski definition) is 5. The number of primary sulfonamides is 1. The van der Waals surface area contributed by atoms with Crippen LogP contribution in [0.25, 0.3) is 0 Å². The molecule has 6 nitrogen and oxygen atoms in total. The van der Waals surface area contributed by atoms with Crippen LogP contribution in [0.15, 0.2) is 51.1 Å². The second kappa shape index (κ2) is 6.21. The van der Waals surface area contributed by atoms with Gasteiger partial charge in [-0.05, 0) is 30.3 Å². The summed E-state index contributed by atoms with van der Waals surface area (Å²) in [5, 5.41) is 15.9. The van der Waals surface area contributed by atoms with Gasteiger partial charge in [0.05, 0.1) is 19.7 Å². The van der Waals surface area contributed by atoms with Gasteiger partial charge in [-0.1, -0.05) is 23.4 Å². The van der Waals surface area contributed by atoms with Crippen molar-refractivity contribution >= 4 is 39.1 Å². The Hall–Kier alpha value is -1.68. The van der Waals surface area contributed by atoms with E-state index in [1.165, 1.54) is 18.2 Å². The monoisotopic (exact) mass is 362 g/mol. The zero-order valence-electron chi connectivity index (χ0n) is 10.7. The lowest BCUT2D eigenvalue weighted by Crippen LogP contribution is -2.12. The largest absolute Gasteiger partial charge is 0.284 e. The number of hydrogen-bond donors (Lipinski definition) is 1. The first kappa shape index (κ1) is 16.7. The number of nitrogens with zero attached hydrogens (tertiary/aromatic N) is 1. The molecule has 116 valence electrons. The van der Waals surface area contributed by atoms with Crippen LogP contribution in [0.4, 0.5) is 10.1 Å². The molecule has 0 atom stereocenters. The molecule has 0 fully saturated rings. The molecule has 0 aromatic heterocycles. The van der Waals surface area contributed by atoms with E-state index in [4.69, 9.17) is 16.7 Å². The Morgan fingerprint density at radius 2 is 1.91 bits per heavy atom. The number of halogens is 2. The number of nitro groups is 1. The van der Waals surface area contributed by atoms with Crippen molar-refractivity contribution in [3.63, 3.8) is 0 Å². The second-order valence-electron chi connectivity index (χ2n) is 4.11. The molecule has 0 aliphatic rings. The summed E-state index contributed by atoms with van der Waals surface area (Å²) in [6.45, 7) is 0. The molecule has 0 saturated carbocycles. The molecule has 2 rings (SSSR count). The van der Waals surface area contributed by atoms with Crippen molar-refractivity contribution in [3.05, 3.63) is 57.4 Å². The van der Waals surface area contributed by atoms with Gasteiger partial charge in [0, 0.05) is 11.0 Å². The van der Waals surface area contributed by atoms with E-state index in [0.29, 0.717) is 4.90 Å². The van der Waals surface area contributed by atoms with Gasteiger partial charge in [-0.15, -0.1) is 0 Å². The third-order valence-electron chi connectivity index (χ3n) is 2.57. The van der Waals surface area contributed by atoms with E-state index in [2.05, 4.69) is 0 Å². The van der Waals surface area contributed by atoms with Crippen molar-refractivity contribution in [1.29, 1.82) is 0 Å². The van der Waals surface area contributed by atoms with Crippen molar-refractivity contribution in [2.45, 2.75) is 14.7 Å². The van der Waals surface area contributed by atoms with Gasteiger partial charge in [-0.25, -0.2) is 17.9 Å². The van der Waals surface area contributed by atoms with Gasteiger partial charge in [0.25, 0.3) is 5.69 Å². The Morgan fingerprint density at radius 1 is 1.23 bits per heavy atom. The second-order valence-corrected chi connectivity index (χ2v) is 7.19. The van der Waals surface area contributed by atoms with Crippen LogP contribution in [-0.2, 0) is 10.0 Å². The minimum atomic E-state index is -4.05. The number of nitro benzene ring substituents is 1. The average Bonchev–Trinajstić information content (AvgIpc) is 2.42. The fraction of sp³-hybridized carbons (Fsp3) is 0. The lowest BCUT2D eigenvalue weighted by molar-refractivity contribution is -0.388. The minimum absolute atomic E-state index is 0.117. The van der Waals surface area contributed by atoms with Crippen molar-refractivity contribution in [3.8, 4) is 0 Å². The van der Waals surface area contributed by atoms with Gasteiger partial charge in [0.15, 0.2) is 0 Å². The van der Waals surface area contributed by atoms with Crippen molar-refractivity contribution in [1.82, 2.24) is 0 Å². The SMILES string of the molecule is NS(=O)(=O)c1ccc(Sc2ccc(F)c(Cl)c2)c([N+](=O)[O-])c1. The van der Waals surface area contributed by atoms with Crippen molar-refractivity contribution in [2.75, 3.05) is 0 Å². The Bertz CT molecular complexity index is 858. The van der Waals surface area contributed by atoms with Gasteiger partial charge < -0.3 is 0 Å². The minimum Gasteiger partial charge on any atom is -0.258 e. The van der Waals surface area contributed by atoms with Gasteiger partial charge in [-0.3, -0.25) is 10.1 Å². The molecule has 0 aliphatic carbocycles. The molecule has 0 saturated heterocycles. The zero-order valence-corrected chi connectivity index (χ0v) is 13.1. The summed E-state index contributed by atoms with van der Waals surface area (Å²) < 4.78 is 35.6. The van der Waals surface area contributed by atoms with Gasteiger partial charge in [0.1, 0.15) is 5.82 Å². The van der Waals surface area contributed by atoms with E-state index in [9.17, 15) is 22.9 Å². The molecule has 0 unspecified atom stereocenters. The zero-order chi connectivity index (χ0) is 16.5. The smallest absolute Gasteiger partial charge is 0.258 e. The van der Waals surface area contributed by atoms with Crippen LogP contribution in [0.2, 0.25) is 5.02 Å². The summed E-state index contributed by atoms with van der Waals surface area (Å²) in [5.74, 6) is -0.606. The molecule has 0 amide bonds. The number of benzene rings is 2. The van der Waals surface area contributed by atoms with E-state index < -0.39 is 26.5 Å². The predicted octanol–water partition coefficient (Wildman–Crippen LogP) is 3.19. The predicted molar refractivity (Wildman–Crippen MR) is 80.0 cm³/mol. The highest BCUT2D eigenvalue weighted by molar-refractivity contribution is 7.99. The molecule has 2 aromatic carbocycles. The quantitative estimate of drug-likeness (QED) is 0.664. The summed E-state index contributed by atoms with van der Waals surface area (Å²) in [6.07, 6.45) is 0. The molecular formula is C12H8ClFN2O4S2. The van der Waals surface area contributed by atoms with Crippen molar-refractivity contribution < 1.29 is 17.7 Å². The third-order valence-corrected chi connectivity index (χ3v) is 4.83. The molecule has 0 aliphatic heterocycles. The van der Waals surface area contributed by atoms with Crippen LogP contribution >= 0.6 is 23.4 Å². The lowest BCUT2D eigenvalue weighted by Gasteiger charge is -2.05.